The van der Waals surface area contributed by atoms with Gasteiger partial charge in [0, 0.05) is 23.1 Å². The number of halogens is 1. The van der Waals surface area contributed by atoms with Gasteiger partial charge in [0.05, 0.1) is 6.54 Å². The molecule has 5 nitrogen and oxygen atoms in total. The predicted molar refractivity (Wildman–Crippen MR) is 139 cm³/mol. The molecule has 1 heterocycles. The maximum atomic E-state index is 13.5. The van der Waals surface area contributed by atoms with Crippen molar-refractivity contribution in [2.45, 2.75) is 40.2 Å². The highest BCUT2D eigenvalue weighted by Crippen LogP contribution is 2.16. The number of aryl methyl sites for hydroxylation is 1. The highest BCUT2D eigenvalue weighted by Gasteiger charge is 2.23. The van der Waals surface area contributed by atoms with E-state index in [0.29, 0.717) is 31.1 Å². The average molecular weight is 525 g/mol. The van der Waals surface area contributed by atoms with Crippen LogP contribution < -0.4 is 0 Å². The van der Waals surface area contributed by atoms with Crippen LogP contribution in [0.2, 0.25) is 0 Å². The molecule has 2 amide bonds. The van der Waals surface area contributed by atoms with Gasteiger partial charge in [-0.1, -0.05) is 66.2 Å². The van der Waals surface area contributed by atoms with Crippen LogP contribution in [0.15, 0.2) is 75.6 Å². The number of carbonyl (C=O) groups excluding carboxylic acids is 2. The van der Waals surface area contributed by atoms with Crippen LogP contribution in [-0.4, -0.2) is 41.2 Å². The summed E-state index contributed by atoms with van der Waals surface area (Å²) in [5.41, 5.74) is 1.74. The lowest BCUT2D eigenvalue weighted by molar-refractivity contribution is -0.132. The summed E-state index contributed by atoms with van der Waals surface area (Å²) in [5, 5.41) is 0. The monoisotopic (exact) mass is 524 g/mol. The molecule has 3 aromatic rings. The molecule has 2 aromatic carbocycles. The molecule has 0 aliphatic heterocycles. The fraction of sp³-hybridized carbons (Fsp3) is 0.357. The lowest BCUT2D eigenvalue weighted by atomic mass is 10.1. The van der Waals surface area contributed by atoms with E-state index in [-0.39, 0.29) is 18.4 Å². The largest absolute Gasteiger partial charge is 0.464 e. The van der Waals surface area contributed by atoms with Crippen molar-refractivity contribution < 1.29 is 14.0 Å². The van der Waals surface area contributed by atoms with Gasteiger partial charge in [0.25, 0.3) is 5.91 Å². The van der Waals surface area contributed by atoms with Crippen molar-refractivity contribution in [1.29, 1.82) is 0 Å². The second kappa shape index (κ2) is 12.6. The van der Waals surface area contributed by atoms with Gasteiger partial charge in [0.15, 0.2) is 0 Å². The standard InChI is InChI=1S/C28H33BrN2O3/c1-21(2)14-16-31(28(33)24-10-7-11-25(29)18-24)20-27(32)30(19-26-13-12-22(3)34-26)17-15-23-8-5-4-6-9-23/h4-13,18,21H,14-17,19-20H2,1-3H3. The molecule has 0 bridgehead atoms. The summed E-state index contributed by atoms with van der Waals surface area (Å²) < 4.78 is 6.59. The van der Waals surface area contributed by atoms with Crippen molar-refractivity contribution in [1.82, 2.24) is 9.80 Å². The molecule has 0 aliphatic rings. The SMILES string of the molecule is Cc1ccc(CN(CCc2ccccc2)C(=O)CN(CCC(C)C)C(=O)c2cccc(Br)c2)o1. The van der Waals surface area contributed by atoms with Crippen molar-refractivity contribution in [3.8, 4) is 0 Å². The molecule has 0 N–H and O–H groups in total. The van der Waals surface area contributed by atoms with Crippen molar-refractivity contribution in [2.24, 2.45) is 5.92 Å². The number of benzene rings is 2. The molecule has 0 saturated heterocycles. The van der Waals surface area contributed by atoms with Crippen molar-refractivity contribution in [3.63, 3.8) is 0 Å². The van der Waals surface area contributed by atoms with Crippen molar-refractivity contribution >= 4 is 27.7 Å². The number of nitrogens with zero attached hydrogens (tertiary/aromatic N) is 2. The van der Waals surface area contributed by atoms with Crippen LogP contribution in [0.1, 0.15) is 47.7 Å². The quantitative estimate of drug-likeness (QED) is 0.304. The molecular weight excluding hydrogens is 492 g/mol. The van der Waals surface area contributed by atoms with Crippen LogP contribution in [0.3, 0.4) is 0 Å². The highest BCUT2D eigenvalue weighted by atomic mass is 79.9. The Morgan fingerprint density at radius 2 is 1.71 bits per heavy atom. The maximum Gasteiger partial charge on any atom is 0.254 e. The number of furan rings is 1. The number of rotatable bonds is 11. The van der Waals surface area contributed by atoms with Crippen LogP contribution in [0.25, 0.3) is 0 Å². The van der Waals surface area contributed by atoms with E-state index in [4.69, 9.17) is 4.42 Å². The van der Waals surface area contributed by atoms with Gasteiger partial charge in [-0.25, -0.2) is 0 Å². The molecule has 0 spiro atoms. The van der Waals surface area contributed by atoms with E-state index in [2.05, 4.69) is 41.9 Å². The smallest absolute Gasteiger partial charge is 0.254 e. The zero-order valence-electron chi connectivity index (χ0n) is 20.2. The van der Waals surface area contributed by atoms with E-state index in [1.54, 1.807) is 21.9 Å². The van der Waals surface area contributed by atoms with Gasteiger partial charge in [-0.2, -0.15) is 0 Å². The van der Waals surface area contributed by atoms with Crippen molar-refractivity contribution in [3.05, 3.63) is 93.9 Å². The minimum Gasteiger partial charge on any atom is -0.464 e. The Kier molecular flexibility index (Phi) is 9.52. The third-order valence-corrected chi connectivity index (χ3v) is 6.16. The fourth-order valence-electron chi connectivity index (χ4n) is 3.69. The summed E-state index contributed by atoms with van der Waals surface area (Å²) in [6, 6.07) is 21.2. The molecule has 1 aromatic heterocycles. The molecule has 0 unspecified atom stereocenters. The van der Waals surface area contributed by atoms with E-state index in [0.717, 1.165) is 34.4 Å². The zero-order valence-corrected chi connectivity index (χ0v) is 21.8. The number of hydrogen-bond acceptors (Lipinski definition) is 3. The molecule has 6 heteroatoms. The van der Waals surface area contributed by atoms with E-state index >= 15 is 0 Å². The Morgan fingerprint density at radius 1 is 0.941 bits per heavy atom. The lowest BCUT2D eigenvalue weighted by Gasteiger charge is -2.28. The fourth-order valence-corrected chi connectivity index (χ4v) is 4.09. The molecule has 0 saturated carbocycles. The van der Waals surface area contributed by atoms with Gasteiger partial charge in [0.2, 0.25) is 5.91 Å². The summed E-state index contributed by atoms with van der Waals surface area (Å²) in [5.74, 6) is 1.76. The van der Waals surface area contributed by atoms with Gasteiger partial charge in [-0.15, -0.1) is 0 Å². The first-order valence-electron chi connectivity index (χ1n) is 11.7. The topological polar surface area (TPSA) is 53.8 Å². The molecule has 0 aliphatic carbocycles. The van der Waals surface area contributed by atoms with Crippen LogP contribution in [0.4, 0.5) is 0 Å². The average Bonchev–Trinajstić information content (AvgIpc) is 3.23. The van der Waals surface area contributed by atoms with E-state index in [1.165, 1.54) is 0 Å². The van der Waals surface area contributed by atoms with Gasteiger partial charge in [-0.3, -0.25) is 9.59 Å². The minimum absolute atomic E-state index is 0.0343. The molecule has 0 radical (unpaired) electrons. The van der Waals surface area contributed by atoms with Crippen LogP contribution >= 0.6 is 15.9 Å². The Hall–Kier alpha value is -2.86. The second-order valence-corrected chi connectivity index (χ2v) is 9.90. The molecule has 0 fully saturated rings. The molecule has 3 rings (SSSR count). The van der Waals surface area contributed by atoms with E-state index in [9.17, 15) is 9.59 Å². The Morgan fingerprint density at radius 3 is 2.35 bits per heavy atom. The first-order valence-corrected chi connectivity index (χ1v) is 12.5. The Labute approximate surface area is 210 Å². The van der Waals surface area contributed by atoms with Crippen LogP contribution in [0, 0.1) is 12.8 Å². The van der Waals surface area contributed by atoms with Gasteiger partial charge in [-0.05, 0) is 61.6 Å². The number of hydrogen-bond donors (Lipinski definition) is 0. The third kappa shape index (κ3) is 7.87. The zero-order chi connectivity index (χ0) is 24.5. The normalized spacial score (nSPS) is 11.0. The highest BCUT2D eigenvalue weighted by molar-refractivity contribution is 9.10. The molecule has 0 atom stereocenters. The summed E-state index contributed by atoms with van der Waals surface area (Å²) in [6.45, 7) is 7.62. The van der Waals surface area contributed by atoms with Gasteiger partial charge >= 0.3 is 0 Å². The first-order chi connectivity index (χ1) is 16.3. The number of amides is 2. The lowest BCUT2D eigenvalue weighted by Crippen LogP contribution is -2.44. The predicted octanol–water partition coefficient (Wildman–Crippen LogP) is 6.11. The van der Waals surface area contributed by atoms with Crippen molar-refractivity contribution in [2.75, 3.05) is 19.6 Å². The van der Waals surface area contributed by atoms with E-state index < -0.39 is 0 Å². The summed E-state index contributed by atoms with van der Waals surface area (Å²) in [6.07, 6.45) is 1.56. The van der Waals surface area contributed by atoms with Gasteiger partial charge < -0.3 is 14.2 Å². The summed E-state index contributed by atoms with van der Waals surface area (Å²) in [7, 11) is 0. The molecule has 34 heavy (non-hydrogen) atoms. The van der Waals surface area contributed by atoms with Gasteiger partial charge in [0.1, 0.15) is 18.1 Å². The third-order valence-electron chi connectivity index (χ3n) is 5.67. The Bertz CT molecular complexity index is 1080. The molecular formula is C28H33BrN2O3. The first kappa shape index (κ1) is 25.8. The van der Waals surface area contributed by atoms with Crippen LogP contribution in [-0.2, 0) is 17.8 Å². The summed E-state index contributed by atoms with van der Waals surface area (Å²) in [4.78, 5) is 30.3. The summed E-state index contributed by atoms with van der Waals surface area (Å²) >= 11 is 3.44. The molecule has 180 valence electrons. The Balaban J connectivity index is 1.77. The van der Waals surface area contributed by atoms with Crippen LogP contribution in [0.5, 0.6) is 0 Å². The minimum atomic E-state index is -0.132. The number of carbonyl (C=O) groups is 2. The maximum absolute atomic E-state index is 13.5. The second-order valence-electron chi connectivity index (χ2n) is 8.98. The van der Waals surface area contributed by atoms with E-state index in [1.807, 2.05) is 49.4 Å².